The van der Waals surface area contributed by atoms with Crippen LogP contribution >= 0.6 is 10.8 Å². The van der Waals surface area contributed by atoms with E-state index in [9.17, 15) is 22.3 Å². The summed E-state index contributed by atoms with van der Waals surface area (Å²) in [6.07, 6.45) is 0.682. The van der Waals surface area contributed by atoms with Gasteiger partial charge in [0, 0.05) is 0 Å². The lowest BCUT2D eigenvalue weighted by molar-refractivity contribution is 0.412. The van der Waals surface area contributed by atoms with Gasteiger partial charge in [-0.3, -0.25) is 9.11 Å². The SMILES string of the molecule is CC(CCN)C1Cc2cc(F)ccc2N(c2c(F)cccc2F)S1(O)O. The molecule has 2 atom stereocenters. The second-order valence-electron chi connectivity index (χ2n) is 6.50. The van der Waals surface area contributed by atoms with E-state index in [0.29, 0.717) is 18.5 Å². The molecule has 2 aromatic rings. The van der Waals surface area contributed by atoms with Crippen LogP contribution in [0.5, 0.6) is 0 Å². The summed E-state index contributed by atoms with van der Waals surface area (Å²) in [4.78, 5) is 0. The molecule has 3 rings (SSSR count). The first kappa shape index (κ1) is 19.0. The highest BCUT2D eigenvalue weighted by atomic mass is 32.3. The number of rotatable bonds is 4. The molecule has 0 aliphatic carbocycles. The molecule has 0 spiro atoms. The lowest BCUT2D eigenvalue weighted by atomic mass is 9.96. The fourth-order valence-electron chi connectivity index (χ4n) is 3.42. The predicted molar refractivity (Wildman–Crippen MR) is 98.1 cm³/mol. The van der Waals surface area contributed by atoms with E-state index in [1.54, 1.807) is 6.92 Å². The number of fused-ring (bicyclic) bond motifs is 1. The molecule has 0 saturated carbocycles. The standard InChI is InChI=1S/C18H21F3N2O2S/c1-11(7-8-22)17-10-12-9-13(19)5-6-16(12)23(26(17,24)25)18-14(20)3-2-4-15(18)21/h2-6,9,11,17,24-25H,7-8,10,22H2,1H3. The number of benzene rings is 2. The van der Waals surface area contributed by atoms with Crippen LogP contribution in [0.4, 0.5) is 24.5 Å². The first-order valence-corrected chi connectivity index (χ1v) is 9.84. The number of hydrogen-bond acceptors (Lipinski definition) is 4. The van der Waals surface area contributed by atoms with Gasteiger partial charge in [-0.15, -0.1) is 10.8 Å². The highest BCUT2D eigenvalue weighted by Gasteiger charge is 2.43. The minimum Gasteiger partial charge on any atom is -0.330 e. The summed E-state index contributed by atoms with van der Waals surface area (Å²) in [5, 5.41) is -0.737. The minimum absolute atomic E-state index is 0.184. The summed E-state index contributed by atoms with van der Waals surface area (Å²) < 4.78 is 65.5. The Kier molecular flexibility index (Phi) is 5.21. The Balaban J connectivity index is 2.23. The largest absolute Gasteiger partial charge is 0.330 e. The van der Waals surface area contributed by atoms with Gasteiger partial charge in [0.2, 0.25) is 0 Å². The van der Waals surface area contributed by atoms with Gasteiger partial charge < -0.3 is 5.73 Å². The highest BCUT2D eigenvalue weighted by Crippen LogP contribution is 2.62. The number of halogens is 3. The van der Waals surface area contributed by atoms with Gasteiger partial charge in [-0.1, -0.05) is 13.0 Å². The molecule has 1 aliphatic heterocycles. The van der Waals surface area contributed by atoms with E-state index in [-0.39, 0.29) is 18.0 Å². The molecular formula is C18H21F3N2O2S. The fourth-order valence-corrected chi connectivity index (χ4v) is 5.77. The molecule has 4 nitrogen and oxygen atoms in total. The van der Waals surface area contributed by atoms with E-state index in [0.717, 1.165) is 22.5 Å². The van der Waals surface area contributed by atoms with Gasteiger partial charge in [-0.25, -0.2) is 17.5 Å². The Hall–Kier alpha value is -1.74. The molecule has 0 fully saturated rings. The average Bonchev–Trinajstić information content (AvgIpc) is 2.56. The van der Waals surface area contributed by atoms with Crippen LogP contribution in [0.2, 0.25) is 0 Å². The number of nitrogens with zero attached hydrogens (tertiary/aromatic N) is 1. The van der Waals surface area contributed by atoms with E-state index in [1.165, 1.54) is 18.2 Å². The molecule has 0 radical (unpaired) electrons. The highest BCUT2D eigenvalue weighted by molar-refractivity contribution is 8.26. The summed E-state index contributed by atoms with van der Waals surface area (Å²) in [6, 6.07) is 6.99. The summed E-state index contributed by atoms with van der Waals surface area (Å²) in [7, 11) is -3.63. The summed E-state index contributed by atoms with van der Waals surface area (Å²) >= 11 is 0. The van der Waals surface area contributed by atoms with Gasteiger partial charge in [0.15, 0.2) is 11.6 Å². The van der Waals surface area contributed by atoms with E-state index in [1.807, 2.05) is 0 Å². The van der Waals surface area contributed by atoms with Crippen molar-refractivity contribution in [1.29, 1.82) is 0 Å². The third-order valence-electron chi connectivity index (χ3n) is 4.75. The van der Waals surface area contributed by atoms with Gasteiger partial charge in [-0.05, 0) is 61.2 Å². The average molecular weight is 386 g/mol. The zero-order chi connectivity index (χ0) is 19.1. The summed E-state index contributed by atoms with van der Waals surface area (Å²) in [6.45, 7) is 2.13. The van der Waals surface area contributed by atoms with E-state index >= 15 is 0 Å². The van der Waals surface area contributed by atoms with Crippen molar-refractivity contribution in [2.24, 2.45) is 11.7 Å². The second kappa shape index (κ2) is 7.11. The van der Waals surface area contributed by atoms with Gasteiger partial charge in [0.25, 0.3) is 0 Å². The number of hydrogen-bond donors (Lipinski definition) is 3. The van der Waals surface area contributed by atoms with Crippen LogP contribution in [0.25, 0.3) is 0 Å². The van der Waals surface area contributed by atoms with E-state index < -0.39 is 39.2 Å². The van der Waals surface area contributed by atoms with Crippen LogP contribution in [0.15, 0.2) is 36.4 Å². The smallest absolute Gasteiger partial charge is 0.151 e. The van der Waals surface area contributed by atoms with Crippen molar-refractivity contribution in [1.82, 2.24) is 0 Å². The summed E-state index contributed by atoms with van der Waals surface area (Å²) in [5.74, 6) is -2.58. The van der Waals surface area contributed by atoms with Crippen molar-refractivity contribution in [3.8, 4) is 0 Å². The molecule has 26 heavy (non-hydrogen) atoms. The van der Waals surface area contributed by atoms with Crippen molar-refractivity contribution in [3.63, 3.8) is 0 Å². The lowest BCUT2D eigenvalue weighted by Gasteiger charge is -2.54. The van der Waals surface area contributed by atoms with Crippen molar-refractivity contribution in [2.45, 2.75) is 25.0 Å². The lowest BCUT2D eigenvalue weighted by Crippen LogP contribution is -2.42. The molecule has 0 saturated heterocycles. The topological polar surface area (TPSA) is 69.7 Å². The summed E-state index contributed by atoms with van der Waals surface area (Å²) in [5.41, 5.74) is 5.69. The molecule has 0 aromatic heterocycles. The normalized spacial score (nSPS) is 21.2. The number of nitrogens with two attached hydrogens (primary N) is 1. The van der Waals surface area contributed by atoms with Gasteiger partial charge in [-0.2, -0.15) is 0 Å². The maximum absolute atomic E-state index is 14.4. The van der Waals surface area contributed by atoms with Crippen molar-refractivity contribution >= 4 is 22.2 Å². The Morgan fingerprint density at radius 1 is 1.19 bits per heavy atom. The molecule has 142 valence electrons. The number of anilines is 2. The Morgan fingerprint density at radius 3 is 2.46 bits per heavy atom. The van der Waals surface area contributed by atoms with Crippen LogP contribution in [0, 0.1) is 23.4 Å². The quantitative estimate of drug-likeness (QED) is 0.705. The predicted octanol–water partition coefficient (Wildman–Crippen LogP) is 4.82. The zero-order valence-corrected chi connectivity index (χ0v) is 15.0. The maximum atomic E-state index is 14.4. The number of para-hydroxylation sites is 1. The second-order valence-corrected chi connectivity index (χ2v) is 8.59. The van der Waals surface area contributed by atoms with Gasteiger partial charge in [0.1, 0.15) is 11.5 Å². The molecule has 0 amide bonds. The van der Waals surface area contributed by atoms with Crippen molar-refractivity contribution < 1.29 is 22.3 Å². The van der Waals surface area contributed by atoms with Gasteiger partial charge in [0.05, 0.1) is 10.9 Å². The molecule has 1 heterocycles. The minimum atomic E-state index is -3.63. The molecule has 2 unspecified atom stereocenters. The molecule has 1 aliphatic rings. The first-order valence-electron chi connectivity index (χ1n) is 8.27. The Bertz CT molecular complexity index is 799. The van der Waals surface area contributed by atoms with Crippen LogP contribution in [0.1, 0.15) is 18.9 Å². The third-order valence-corrected chi connectivity index (χ3v) is 7.11. The maximum Gasteiger partial charge on any atom is 0.151 e. The van der Waals surface area contributed by atoms with Crippen molar-refractivity contribution in [2.75, 3.05) is 10.8 Å². The van der Waals surface area contributed by atoms with Crippen LogP contribution < -0.4 is 10.0 Å². The first-order chi connectivity index (χ1) is 12.3. The molecule has 2 aromatic carbocycles. The Labute approximate surface area is 151 Å². The third kappa shape index (κ3) is 3.18. The van der Waals surface area contributed by atoms with Gasteiger partial charge >= 0.3 is 0 Å². The van der Waals surface area contributed by atoms with Crippen molar-refractivity contribution in [3.05, 3.63) is 59.4 Å². The molecule has 0 bridgehead atoms. The Morgan fingerprint density at radius 2 is 1.85 bits per heavy atom. The zero-order valence-electron chi connectivity index (χ0n) is 14.2. The van der Waals surface area contributed by atoms with E-state index in [2.05, 4.69) is 0 Å². The molecule has 8 heteroatoms. The molecule has 4 N–H and O–H groups in total. The van der Waals surface area contributed by atoms with Crippen LogP contribution in [0.3, 0.4) is 0 Å². The van der Waals surface area contributed by atoms with Crippen LogP contribution in [-0.4, -0.2) is 20.9 Å². The molecular weight excluding hydrogens is 365 g/mol. The van der Waals surface area contributed by atoms with Crippen LogP contribution in [-0.2, 0) is 6.42 Å². The van der Waals surface area contributed by atoms with E-state index in [4.69, 9.17) is 5.73 Å². The fraction of sp³-hybridized carbons (Fsp3) is 0.333. The monoisotopic (exact) mass is 386 g/mol.